The van der Waals surface area contributed by atoms with Gasteiger partial charge in [0.25, 0.3) is 0 Å². The average Bonchev–Trinajstić information content (AvgIpc) is 1.62. The Morgan fingerprint density at radius 1 is 1.09 bits per heavy atom. The van der Waals surface area contributed by atoms with Crippen LogP contribution in [-0.2, 0) is 24.3 Å². The third-order valence-electron chi connectivity index (χ3n) is 0.625. The second kappa shape index (κ2) is 3.43. The minimum Gasteiger partial charge on any atom is -0.477 e. The van der Waals surface area contributed by atoms with Gasteiger partial charge in [-0.15, -0.1) is 0 Å². The SMILES string of the molecule is O=C(O)C(F)(F)C(F)(F)F.[Zn]. The number of aliphatic carboxylic acids is 1. The number of alkyl halides is 5. The summed E-state index contributed by atoms with van der Waals surface area (Å²) < 4.78 is 55.5. The standard InChI is InChI=1S/C3HF5O2.Zn/c4-2(5,1(9)10)3(6,7)8;/h(H,9,10);. The Hall–Kier alpha value is -0.257. The molecular formula is C3HF5O2Zn. The summed E-state index contributed by atoms with van der Waals surface area (Å²) in [4.78, 5) is 9.20. The molecule has 0 unspecified atom stereocenters. The van der Waals surface area contributed by atoms with Gasteiger partial charge in [0.05, 0.1) is 0 Å². The minimum atomic E-state index is -6.02. The van der Waals surface area contributed by atoms with Crippen molar-refractivity contribution in [3.63, 3.8) is 0 Å². The predicted octanol–water partition coefficient (Wildman–Crippen LogP) is 1.27. The van der Waals surface area contributed by atoms with Gasteiger partial charge >= 0.3 is 18.1 Å². The average molecular weight is 229 g/mol. The number of hydrogen-bond acceptors (Lipinski definition) is 1. The van der Waals surface area contributed by atoms with E-state index in [0.717, 1.165) is 0 Å². The Morgan fingerprint density at radius 2 is 1.36 bits per heavy atom. The summed E-state index contributed by atoms with van der Waals surface area (Å²) in [5.74, 6) is -8.84. The fraction of sp³-hybridized carbons (Fsp3) is 0.667. The van der Waals surface area contributed by atoms with Gasteiger partial charge in [0, 0.05) is 19.5 Å². The van der Waals surface area contributed by atoms with E-state index in [1.54, 1.807) is 0 Å². The van der Waals surface area contributed by atoms with Gasteiger partial charge < -0.3 is 5.11 Å². The molecule has 0 radical (unpaired) electrons. The molecule has 0 aliphatic heterocycles. The molecule has 0 amide bonds. The maximum Gasteiger partial charge on any atom is 0.465 e. The first kappa shape index (κ1) is 13.3. The van der Waals surface area contributed by atoms with Crippen molar-refractivity contribution in [2.24, 2.45) is 0 Å². The maximum absolute atomic E-state index is 11.3. The normalized spacial score (nSPS) is 12.1. The zero-order valence-corrected chi connectivity index (χ0v) is 7.92. The molecule has 0 aromatic heterocycles. The second-order valence-electron chi connectivity index (χ2n) is 1.38. The van der Waals surface area contributed by atoms with E-state index in [1.807, 2.05) is 0 Å². The van der Waals surface area contributed by atoms with E-state index in [9.17, 15) is 26.7 Å². The van der Waals surface area contributed by atoms with Crippen LogP contribution in [0.1, 0.15) is 0 Å². The van der Waals surface area contributed by atoms with Gasteiger partial charge in [-0.2, -0.15) is 22.0 Å². The molecule has 0 bridgehead atoms. The first-order valence-electron chi connectivity index (χ1n) is 1.87. The molecule has 0 aromatic carbocycles. The second-order valence-corrected chi connectivity index (χ2v) is 1.38. The van der Waals surface area contributed by atoms with E-state index in [0.29, 0.717) is 0 Å². The van der Waals surface area contributed by atoms with Crippen LogP contribution in [0.25, 0.3) is 0 Å². The molecule has 0 saturated heterocycles. The Balaban J connectivity index is 0. The van der Waals surface area contributed by atoms with Crippen molar-refractivity contribution in [1.82, 2.24) is 0 Å². The van der Waals surface area contributed by atoms with Gasteiger partial charge in [0.1, 0.15) is 0 Å². The molecule has 1 N–H and O–H groups in total. The van der Waals surface area contributed by atoms with Crippen LogP contribution in [0, 0.1) is 0 Å². The number of hydrogen-bond donors (Lipinski definition) is 1. The summed E-state index contributed by atoms with van der Waals surface area (Å²) in [5.41, 5.74) is 0. The maximum atomic E-state index is 11.3. The van der Waals surface area contributed by atoms with Crippen LogP contribution in [0.15, 0.2) is 0 Å². The monoisotopic (exact) mass is 228 g/mol. The Kier molecular flexibility index (Phi) is 4.16. The first-order valence-corrected chi connectivity index (χ1v) is 1.87. The molecule has 0 fully saturated rings. The number of halogens is 5. The number of rotatable bonds is 1. The Morgan fingerprint density at radius 3 is 1.36 bits per heavy atom. The van der Waals surface area contributed by atoms with Crippen molar-refractivity contribution in [1.29, 1.82) is 0 Å². The molecule has 0 atom stereocenters. The topological polar surface area (TPSA) is 37.3 Å². The summed E-state index contributed by atoms with van der Waals surface area (Å²) in [5, 5.41) is 7.31. The van der Waals surface area contributed by atoms with Crippen molar-refractivity contribution in [2.45, 2.75) is 12.1 Å². The van der Waals surface area contributed by atoms with E-state index in [1.165, 1.54) is 0 Å². The van der Waals surface area contributed by atoms with Crippen LogP contribution in [0.2, 0.25) is 0 Å². The van der Waals surface area contributed by atoms with Gasteiger partial charge in [-0.3, -0.25) is 0 Å². The van der Waals surface area contributed by atoms with Gasteiger partial charge in [-0.25, -0.2) is 4.79 Å². The Labute approximate surface area is 70.1 Å². The molecule has 0 rings (SSSR count). The van der Waals surface area contributed by atoms with E-state index in [2.05, 4.69) is 0 Å². The molecule has 0 spiro atoms. The smallest absolute Gasteiger partial charge is 0.465 e. The first-order chi connectivity index (χ1) is 4.19. The molecule has 0 aromatic rings. The third kappa shape index (κ3) is 2.69. The molecule has 0 aliphatic carbocycles. The van der Waals surface area contributed by atoms with Crippen molar-refractivity contribution < 1.29 is 51.3 Å². The van der Waals surface area contributed by atoms with E-state index < -0.39 is 18.1 Å². The number of carbonyl (C=O) groups is 1. The molecule has 11 heavy (non-hydrogen) atoms. The van der Waals surface area contributed by atoms with E-state index in [4.69, 9.17) is 5.11 Å². The summed E-state index contributed by atoms with van der Waals surface area (Å²) in [6.07, 6.45) is -6.02. The van der Waals surface area contributed by atoms with Crippen molar-refractivity contribution in [3.8, 4) is 0 Å². The van der Waals surface area contributed by atoms with Crippen LogP contribution in [0.5, 0.6) is 0 Å². The largest absolute Gasteiger partial charge is 0.477 e. The minimum absolute atomic E-state index is 0. The van der Waals surface area contributed by atoms with Gasteiger partial charge in [0.15, 0.2) is 0 Å². The fourth-order valence-corrected chi connectivity index (χ4v) is 0.121. The van der Waals surface area contributed by atoms with E-state index >= 15 is 0 Å². The van der Waals surface area contributed by atoms with Gasteiger partial charge in [-0.1, -0.05) is 0 Å². The zero-order chi connectivity index (χ0) is 8.58. The van der Waals surface area contributed by atoms with Crippen molar-refractivity contribution >= 4 is 5.97 Å². The Bertz CT molecular complexity index is 152. The van der Waals surface area contributed by atoms with Crippen LogP contribution >= 0.6 is 0 Å². The molecule has 0 saturated carbocycles. The molecule has 0 aliphatic rings. The van der Waals surface area contributed by atoms with Crippen LogP contribution in [-0.4, -0.2) is 23.2 Å². The van der Waals surface area contributed by atoms with Crippen LogP contribution in [0.4, 0.5) is 22.0 Å². The molecule has 62 valence electrons. The summed E-state index contributed by atoms with van der Waals surface area (Å²) in [6, 6.07) is 0. The van der Waals surface area contributed by atoms with Crippen molar-refractivity contribution in [2.75, 3.05) is 0 Å². The fourth-order valence-electron chi connectivity index (χ4n) is 0.121. The van der Waals surface area contributed by atoms with Crippen LogP contribution in [0.3, 0.4) is 0 Å². The number of carboxylic acid groups (broad SMARTS) is 1. The zero-order valence-electron chi connectivity index (χ0n) is 4.95. The predicted molar refractivity (Wildman–Crippen MR) is 18.6 cm³/mol. The molecule has 8 heteroatoms. The summed E-state index contributed by atoms with van der Waals surface area (Å²) >= 11 is 0. The third-order valence-corrected chi connectivity index (χ3v) is 0.625. The van der Waals surface area contributed by atoms with E-state index in [-0.39, 0.29) is 19.5 Å². The molecule has 0 heterocycles. The van der Waals surface area contributed by atoms with Gasteiger partial charge in [-0.05, 0) is 0 Å². The number of carboxylic acids is 1. The van der Waals surface area contributed by atoms with Crippen molar-refractivity contribution in [3.05, 3.63) is 0 Å². The summed E-state index contributed by atoms with van der Waals surface area (Å²) in [7, 11) is 0. The molecular weight excluding hydrogens is 228 g/mol. The van der Waals surface area contributed by atoms with Crippen LogP contribution < -0.4 is 0 Å². The van der Waals surface area contributed by atoms with Gasteiger partial charge in [0.2, 0.25) is 0 Å². The quantitative estimate of drug-likeness (QED) is 0.543. The molecule has 2 nitrogen and oxygen atoms in total. The summed E-state index contributed by atoms with van der Waals surface area (Å²) in [6.45, 7) is 0.